The fourth-order valence-corrected chi connectivity index (χ4v) is 2.57. The van der Waals surface area contributed by atoms with Gasteiger partial charge in [0.1, 0.15) is 5.75 Å². The van der Waals surface area contributed by atoms with Crippen molar-refractivity contribution in [2.45, 2.75) is 34.1 Å². The van der Waals surface area contributed by atoms with Gasteiger partial charge in [-0.1, -0.05) is 44.9 Å². The van der Waals surface area contributed by atoms with Crippen LogP contribution in [0.1, 0.15) is 50.8 Å². The highest BCUT2D eigenvalue weighted by Gasteiger charge is 2.13. The zero-order valence-electron chi connectivity index (χ0n) is 15.8. The molecule has 0 amide bonds. The van der Waals surface area contributed by atoms with Crippen LogP contribution in [0.2, 0.25) is 0 Å². The van der Waals surface area contributed by atoms with Gasteiger partial charge in [-0.25, -0.2) is 0 Å². The average molecular weight is 333 g/mol. The maximum atomic E-state index is 6.31. The monoisotopic (exact) mass is 333 g/mol. The Kier molecular flexibility index (Phi) is 5.93. The lowest BCUT2D eigenvalue weighted by Crippen LogP contribution is -2.04. The molecule has 25 heavy (non-hydrogen) atoms. The van der Waals surface area contributed by atoms with Crippen LogP contribution in [0.4, 0.5) is 5.69 Å². The Morgan fingerprint density at radius 3 is 2.36 bits per heavy atom. The zero-order valence-corrected chi connectivity index (χ0v) is 15.8. The van der Waals surface area contributed by atoms with Crippen LogP contribution in [-0.4, -0.2) is 7.11 Å². The maximum absolute atomic E-state index is 6.31. The van der Waals surface area contributed by atoms with Gasteiger partial charge < -0.3 is 10.5 Å². The Hall–Kier alpha value is -2.66. The minimum Gasteiger partial charge on any atom is -0.497 e. The number of hydrogen-bond acceptors (Lipinski definition) is 2. The first-order valence-corrected chi connectivity index (χ1v) is 8.51. The molecule has 0 unspecified atom stereocenters. The summed E-state index contributed by atoms with van der Waals surface area (Å²) >= 11 is 0. The Balaban J connectivity index is 2.57. The third kappa shape index (κ3) is 5.16. The van der Waals surface area contributed by atoms with Crippen LogP contribution in [0, 0.1) is 17.3 Å². The van der Waals surface area contributed by atoms with E-state index in [1.54, 1.807) is 7.11 Å². The van der Waals surface area contributed by atoms with E-state index in [2.05, 4.69) is 56.9 Å². The highest BCUT2D eigenvalue weighted by molar-refractivity contribution is 5.86. The molecule has 0 aliphatic carbocycles. The predicted molar refractivity (Wildman–Crippen MR) is 108 cm³/mol. The molecular formula is C23H27NO. The molecular weight excluding hydrogens is 306 g/mol. The fourth-order valence-electron chi connectivity index (χ4n) is 2.57. The smallest absolute Gasteiger partial charge is 0.118 e. The predicted octanol–water partition coefficient (Wildman–Crippen LogP) is 5.52. The summed E-state index contributed by atoms with van der Waals surface area (Å²) in [4.78, 5) is 0. The summed E-state index contributed by atoms with van der Waals surface area (Å²) < 4.78 is 5.28. The molecule has 0 fully saturated rings. The summed E-state index contributed by atoms with van der Waals surface area (Å²) in [5.41, 5.74) is 11.5. The number of rotatable bonds is 4. The standard InChI is InChI=1S/C23H27NO/c1-6-7-17-8-13-22(24)21(16-17)20(14-15-23(2,3)4)18-9-11-19(25-5)12-10-18/h8-14,16H,15,24H2,1-5H3/b20-14-. The van der Waals surface area contributed by atoms with Gasteiger partial charge in [0, 0.05) is 16.8 Å². The first-order valence-electron chi connectivity index (χ1n) is 8.51. The lowest BCUT2D eigenvalue weighted by molar-refractivity contribution is 0.414. The summed E-state index contributed by atoms with van der Waals surface area (Å²) in [6, 6.07) is 14.1. The van der Waals surface area contributed by atoms with Gasteiger partial charge in [0.25, 0.3) is 0 Å². The molecule has 2 aromatic rings. The topological polar surface area (TPSA) is 35.2 Å². The van der Waals surface area contributed by atoms with E-state index < -0.39 is 0 Å². The number of methoxy groups -OCH3 is 1. The molecule has 0 aliphatic heterocycles. The van der Waals surface area contributed by atoms with Crippen molar-refractivity contribution in [2.75, 3.05) is 12.8 Å². The van der Waals surface area contributed by atoms with E-state index in [4.69, 9.17) is 10.5 Å². The zero-order chi connectivity index (χ0) is 18.4. The molecule has 0 saturated heterocycles. The van der Waals surface area contributed by atoms with Crippen LogP contribution in [0.5, 0.6) is 5.75 Å². The highest BCUT2D eigenvalue weighted by atomic mass is 16.5. The van der Waals surface area contributed by atoms with Crippen molar-refractivity contribution in [2.24, 2.45) is 5.41 Å². The summed E-state index contributed by atoms with van der Waals surface area (Å²) in [7, 11) is 1.68. The van der Waals surface area contributed by atoms with Crippen molar-refractivity contribution >= 4 is 11.3 Å². The lowest BCUT2D eigenvalue weighted by Gasteiger charge is -2.18. The third-order valence-electron chi connectivity index (χ3n) is 3.93. The summed E-state index contributed by atoms with van der Waals surface area (Å²) in [6.07, 6.45) is 3.23. The largest absolute Gasteiger partial charge is 0.497 e. The van der Waals surface area contributed by atoms with E-state index in [-0.39, 0.29) is 5.41 Å². The fraction of sp³-hybridized carbons (Fsp3) is 0.304. The van der Waals surface area contributed by atoms with Crippen LogP contribution in [0.15, 0.2) is 48.5 Å². The van der Waals surface area contributed by atoms with Crippen LogP contribution in [0.3, 0.4) is 0 Å². The average Bonchev–Trinajstić information content (AvgIpc) is 2.57. The Morgan fingerprint density at radius 2 is 1.80 bits per heavy atom. The molecule has 0 radical (unpaired) electrons. The van der Waals surface area contributed by atoms with E-state index in [1.165, 1.54) is 0 Å². The van der Waals surface area contributed by atoms with E-state index in [0.29, 0.717) is 0 Å². The molecule has 0 saturated carbocycles. The molecule has 0 bridgehead atoms. The normalized spacial score (nSPS) is 11.6. The second kappa shape index (κ2) is 7.94. The quantitative estimate of drug-likeness (QED) is 0.591. The first kappa shape index (κ1) is 18.7. The number of ether oxygens (including phenoxy) is 1. The van der Waals surface area contributed by atoms with Crippen LogP contribution in [-0.2, 0) is 0 Å². The van der Waals surface area contributed by atoms with Crippen molar-refractivity contribution in [1.29, 1.82) is 0 Å². The van der Waals surface area contributed by atoms with E-state index in [1.807, 2.05) is 31.2 Å². The molecule has 2 rings (SSSR count). The third-order valence-corrected chi connectivity index (χ3v) is 3.93. The van der Waals surface area contributed by atoms with Gasteiger partial charge in [-0.2, -0.15) is 0 Å². The van der Waals surface area contributed by atoms with E-state index >= 15 is 0 Å². The lowest BCUT2D eigenvalue weighted by atomic mass is 9.87. The molecule has 2 heteroatoms. The summed E-state index contributed by atoms with van der Waals surface area (Å²) in [5, 5.41) is 0. The van der Waals surface area contributed by atoms with E-state index in [9.17, 15) is 0 Å². The molecule has 2 aromatic carbocycles. The number of anilines is 1. The van der Waals surface area contributed by atoms with Crippen molar-refractivity contribution in [3.8, 4) is 17.6 Å². The summed E-state index contributed by atoms with van der Waals surface area (Å²) in [6.45, 7) is 8.54. The van der Waals surface area contributed by atoms with Crippen molar-refractivity contribution in [1.82, 2.24) is 0 Å². The number of allylic oxidation sites excluding steroid dienone is 1. The number of nitrogen functional groups attached to an aromatic ring is 1. The SMILES string of the molecule is CC#Cc1ccc(N)c(/C(=C\CC(C)(C)C)c2ccc(OC)cc2)c1. The number of benzene rings is 2. The highest BCUT2D eigenvalue weighted by Crippen LogP contribution is 2.32. The maximum Gasteiger partial charge on any atom is 0.118 e. The van der Waals surface area contributed by atoms with Gasteiger partial charge >= 0.3 is 0 Å². The second-order valence-corrected chi connectivity index (χ2v) is 7.29. The molecule has 130 valence electrons. The minimum atomic E-state index is 0.202. The molecule has 0 heterocycles. The van der Waals surface area contributed by atoms with Gasteiger partial charge in [-0.15, -0.1) is 5.92 Å². The van der Waals surface area contributed by atoms with Gasteiger partial charge in [0.05, 0.1) is 7.11 Å². The van der Waals surface area contributed by atoms with Crippen LogP contribution in [0.25, 0.3) is 5.57 Å². The molecule has 0 atom stereocenters. The Morgan fingerprint density at radius 1 is 1.12 bits per heavy atom. The Bertz CT molecular complexity index is 812. The van der Waals surface area contributed by atoms with Crippen molar-refractivity contribution in [3.63, 3.8) is 0 Å². The molecule has 0 aromatic heterocycles. The van der Waals surface area contributed by atoms with Gasteiger partial charge in [0.15, 0.2) is 0 Å². The molecule has 2 nitrogen and oxygen atoms in total. The van der Waals surface area contributed by atoms with Crippen molar-refractivity contribution < 1.29 is 4.74 Å². The van der Waals surface area contributed by atoms with E-state index in [0.717, 1.165) is 40.1 Å². The number of hydrogen-bond donors (Lipinski definition) is 1. The van der Waals surface area contributed by atoms with Crippen molar-refractivity contribution in [3.05, 3.63) is 65.2 Å². The Labute approximate surface area is 151 Å². The summed E-state index contributed by atoms with van der Waals surface area (Å²) in [5.74, 6) is 6.92. The second-order valence-electron chi connectivity index (χ2n) is 7.29. The molecule has 0 spiro atoms. The van der Waals surface area contributed by atoms with Gasteiger partial charge in [-0.3, -0.25) is 0 Å². The molecule has 0 aliphatic rings. The number of nitrogens with two attached hydrogens (primary N) is 1. The first-order chi connectivity index (χ1) is 11.8. The molecule has 2 N–H and O–H groups in total. The van der Waals surface area contributed by atoms with Gasteiger partial charge in [0.2, 0.25) is 0 Å². The van der Waals surface area contributed by atoms with Crippen LogP contribution < -0.4 is 10.5 Å². The minimum absolute atomic E-state index is 0.202. The van der Waals surface area contributed by atoms with Crippen LogP contribution >= 0.6 is 0 Å². The van der Waals surface area contributed by atoms with Gasteiger partial charge in [-0.05, 0) is 60.2 Å².